The van der Waals surface area contributed by atoms with Gasteiger partial charge in [-0.05, 0) is 17.7 Å². The fourth-order valence-corrected chi connectivity index (χ4v) is 1.66. The van der Waals surface area contributed by atoms with Gasteiger partial charge in [-0.25, -0.2) is 4.98 Å². The number of pyridine rings is 1. The first-order valence-electron chi connectivity index (χ1n) is 5.63. The third-order valence-electron chi connectivity index (χ3n) is 2.52. The summed E-state index contributed by atoms with van der Waals surface area (Å²) in [6.45, 7) is 3.53. The number of morpholine rings is 1. The standard InChI is InChI=1S/C12H15N3O2/c13-6-11-5-10(1-2-15-11)8-16-9-12-7-14-3-4-17-12/h1-2,5,12,14H,3-4,7-9H2. The molecule has 5 nitrogen and oxygen atoms in total. The minimum Gasteiger partial charge on any atom is -0.374 e. The lowest BCUT2D eigenvalue weighted by Crippen LogP contribution is -2.40. The molecule has 5 heteroatoms. The summed E-state index contributed by atoms with van der Waals surface area (Å²) in [5.41, 5.74) is 1.38. The van der Waals surface area contributed by atoms with E-state index in [1.54, 1.807) is 12.3 Å². The van der Waals surface area contributed by atoms with Crippen LogP contribution in [0.2, 0.25) is 0 Å². The Morgan fingerprint density at radius 1 is 1.65 bits per heavy atom. The molecule has 0 radical (unpaired) electrons. The number of aromatic nitrogens is 1. The zero-order valence-corrected chi connectivity index (χ0v) is 9.56. The SMILES string of the molecule is N#Cc1cc(COCC2CNCCO2)ccn1. The van der Waals surface area contributed by atoms with E-state index in [1.165, 1.54) is 0 Å². The molecule has 1 fully saturated rings. The second kappa shape index (κ2) is 6.30. The van der Waals surface area contributed by atoms with E-state index in [0.717, 1.165) is 25.3 Å². The average Bonchev–Trinajstić information content (AvgIpc) is 2.40. The maximum Gasteiger partial charge on any atom is 0.140 e. The van der Waals surface area contributed by atoms with Gasteiger partial charge < -0.3 is 14.8 Å². The van der Waals surface area contributed by atoms with Crippen molar-refractivity contribution in [3.05, 3.63) is 29.6 Å². The molecule has 0 aliphatic carbocycles. The van der Waals surface area contributed by atoms with Gasteiger partial charge in [0.15, 0.2) is 0 Å². The van der Waals surface area contributed by atoms with E-state index >= 15 is 0 Å². The highest BCUT2D eigenvalue weighted by Gasteiger charge is 2.12. The highest BCUT2D eigenvalue weighted by Crippen LogP contribution is 2.04. The van der Waals surface area contributed by atoms with E-state index in [9.17, 15) is 0 Å². The lowest BCUT2D eigenvalue weighted by Gasteiger charge is -2.23. The van der Waals surface area contributed by atoms with Gasteiger partial charge in [-0.2, -0.15) is 5.26 Å². The van der Waals surface area contributed by atoms with Gasteiger partial charge >= 0.3 is 0 Å². The Hall–Kier alpha value is -1.48. The summed E-state index contributed by atoms with van der Waals surface area (Å²) in [5, 5.41) is 12.0. The van der Waals surface area contributed by atoms with Crippen molar-refractivity contribution in [3.8, 4) is 6.07 Å². The van der Waals surface area contributed by atoms with E-state index in [1.807, 2.05) is 12.1 Å². The Morgan fingerprint density at radius 3 is 3.35 bits per heavy atom. The molecule has 1 aromatic rings. The van der Waals surface area contributed by atoms with Gasteiger partial charge in [0.25, 0.3) is 0 Å². The fraction of sp³-hybridized carbons (Fsp3) is 0.500. The number of hydrogen-bond acceptors (Lipinski definition) is 5. The van der Waals surface area contributed by atoms with Crippen LogP contribution in [0, 0.1) is 11.3 Å². The van der Waals surface area contributed by atoms with Gasteiger partial charge in [0.05, 0.1) is 25.9 Å². The Balaban J connectivity index is 1.75. The second-order valence-corrected chi connectivity index (χ2v) is 3.87. The molecule has 1 unspecified atom stereocenters. The number of rotatable bonds is 4. The van der Waals surface area contributed by atoms with Crippen molar-refractivity contribution in [3.63, 3.8) is 0 Å². The normalized spacial score (nSPS) is 19.8. The van der Waals surface area contributed by atoms with Crippen LogP contribution in [0.1, 0.15) is 11.3 Å². The Morgan fingerprint density at radius 2 is 2.59 bits per heavy atom. The summed E-state index contributed by atoms with van der Waals surface area (Å²) < 4.78 is 11.1. The van der Waals surface area contributed by atoms with Gasteiger partial charge in [-0.1, -0.05) is 0 Å². The summed E-state index contributed by atoms with van der Waals surface area (Å²) in [6, 6.07) is 5.59. The highest BCUT2D eigenvalue weighted by atomic mass is 16.5. The van der Waals surface area contributed by atoms with Crippen LogP contribution >= 0.6 is 0 Å². The first-order chi connectivity index (χ1) is 8.38. The van der Waals surface area contributed by atoms with Crippen molar-refractivity contribution in [2.45, 2.75) is 12.7 Å². The van der Waals surface area contributed by atoms with Crippen LogP contribution in [0.25, 0.3) is 0 Å². The van der Waals surface area contributed by atoms with Crippen LogP contribution in [0.5, 0.6) is 0 Å². The molecule has 1 aliphatic heterocycles. The maximum absolute atomic E-state index is 8.71. The van der Waals surface area contributed by atoms with Gasteiger partial charge in [-0.3, -0.25) is 0 Å². The third kappa shape index (κ3) is 3.79. The van der Waals surface area contributed by atoms with Crippen molar-refractivity contribution in [1.82, 2.24) is 10.3 Å². The minimum absolute atomic E-state index is 0.126. The quantitative estimate of drug-likeness (QED) is 0.818. The van der Waals surface area contributed by atoms with Crippen LogP contribution in [0.15, 0.2) is 18.3 Å². The summed E-state index contributed by atoms with van der Waals surface area (Å²) in [7, 11) is 0. The number of nitrogens with zero attached hydrogens (tertiary/aromatic N) is 2. The monoisotopic (exact) mass is 233 g/mol. The molecule has 1 aliphatic rings. The molecular formula is C12H15N3O2. The fourth-order valence-electron chi connectivity index (χ4n) is 1.66. The number of nitriles is 1. The average molecular weight is 233 g/mol. The molecular weight excluding hydrogens is 218 g/mol. The molecule has 1 atom stereocenters. The zero-order valence-electron chi connectivity index (χ0n) is 9.56. The summed E-state index contributed by atoms with van der Waals surface area (Å²) >= 11 is 0. The van der Waals surface area contributed by atoms with Crippen molar-refractivity contribution in [2.75, 3.05) is 26.3 Å². The van der Waals surface area contributed by atoms with Crippen LogP contribution in [0.4, 0.5) is 0 Å². The Kier molecular flexibility index (Phi) is 4.45. The van der Waals surface area contributed by atoms with E-state index < -0.39 is 0 Å². The number of nitrogens with one attached hydrogen (secondary N) is 1. The second-order valence-electron chi connectivity index (χ2n) is 3.87. The topological polar surface area (TPSA) is 67.2 Å². The van der Waals surface area contributed by atoms with Crippen LogP contribution < -0.4 is 5.32 Å². The molecule has 1 N–H and O–H groups in total. The smallest absolute Gasteiger partial charge is 0.140 e. The predicted molar refractivity (Wildman–Crippen MR) is 61.2 cm³/mol. The van der Waals surface area contributed by atoms with E-state index in [0.29, 0.717) is 18.9 Å². The molecule has 2 heterocycles. The van der Waals surface area contributed by atoms with Crippen molar-refractivity contribution >= 4 is 0 Å². The first kappa shape index (κ1) is 12.0. The van der Waals surface area contributed by atoms with E-state index in [2.05, 4.69) is 10.3 Å². The molecule has 0 spiro atoms. The summed E-state index contributed by atoms with van der Waals surface area (Å²) in [4.78, 5) is 3.90. The molecule has 17 heavy (non-hydrogen) atoms. The number of ether oxygens (including phenoxy) is 2. The van der Waals surface area contributed by atoms with Gasteiger partial charge in [0.1, 0.15) is 11.8 Å². The molecule has 0 aromatic carbocycles. The van der Waals surface area contributed by atoms with E-state index in [-0.39, 0.29) is 6.10 Å². The minimum atomic E-state index is 0.126. The molecule has 2 rings (SSSR count). The zero-order chi connectivity index (χ0) is 11.9. The highest BCUT2D eigenvalue weighted by molar-refractivity contribution is 5.24. The first-order valence-corrected chi connectivity index (χ1v) is 5.63. The molecule has 0 amide bonds. The summed E-state index contributed by atoms with van der Waals surface area (Å²) in [5.74, 6) is 0. The van der Waals surface area contributed by atoms with Crippen molar-refractivity contribution in [1.29, 1.82) is 5.26 Å². The van der Waals surface area contributed by atoms with Crippen molar-refractivity contribution in [2.24, 2.45) is 0 Å². The van der Waals surface area contributed by atoms with Crippen molar-refractivity contribution < 1.29 is 9.47 Å². The van der Waals surface area contributed by atoms with Gasteiger partial charge in [-0.15, -0.1) is 0 Å². The van der Waals surface area contributed by atoms with Gasteiger partial charge in [0.2, 0.25) is 0 Å². The Bertz CT molecular complexity index is 397. The van der Waals surface area contributed by atoms with Crippen LogP contribution in [-0.2, 0) is 16.1 Å². The largest absolute Gasteiger partial charge is 0.374 e. The van der Waals surface area contributed by atoms with Gasteiger partial charge in [0, 0.05) is 19.3 Å². The maximum atomic E-state index is 8.71. The molecule has 90 valence electrons. The summed E-state index contributed by atoms with van der Waals surface area (Å²) in [6.07, 6.45) is 1.75. The molecule has 1 aromatic heterocycles. The Labute approximate surface area is 100 Å². The lowest BCUT2D eigenvalue weighted by molar-refractivity contribution is -0.0357. The predicted octanol–water partition coefficient (Wildman–Crippen LogP) is 0.458. The molecule has 1 saturated heterocycles. The lowest BCUT2D eigenvalue weighted by atomic mass is 10.2. The van der Waals surface area contributed by atoms with Crippen LogP contribution in [0.3, 0.4) is 0 Å². The third-order valence-corrected chi connectivity index (χ3v) is 2.52. The molecule has 0 bridgehead atoms. The van der Waals surface area contributed by atoms with E-state index in [4.69, 9.17) is 14.7 Å². The van der Waals surface area contributed by atoms with Crippen LogP contribution in [-0.4, -0.2) is 37.4 Å². The number of hydrogen-bond donors (Lipinski definition) is 1. The molecule has 0 saturated carbocycles.